The van der Waals surface area contributed by atoms with Crippen LogP contribution in [0.2, 0.25) is 0 Å². The number of rotatable bonds is 3. The highest BCUT2D eigenvalue weighted by Gasteiger charge is 2.28. The van der Waals surface area contributed by atoms with Gasteiger partial charge in [-0.1, -0.05) is 17.7 Å². The molecule has 1 aromatic rings. The van der Waals surface area contributed by atoms with Crippen molar-refractivity contribution in [1.82, 2.24) is 4.72 Å². The number of aryl methyl sites for hydroxylation is 3. The second kappa shape index (κ2) is 4.71. The van der Waals surface area contributed by atoms with E-state index in [0.29, 0.717) is 11.1 Å². The summed E-state index contributed by atoms with van der Waals surface area (Å²) in [5.74, 6) is 0. The van der Waals surface area contributed by atoms with Gasteiger partial charge in [-0.05, 0) is 45.7 Å². The molecule has 0 atom stereocenters. The fraction of sp³-hybridized carbons (Fsp3) is 0.462. The highest BCUT2D eigenvalue weighted by atomic mass is 32.2. The Kier molecular flexibility index (Phi) is 3.84. The molecule has 0 unspecified atom stereocenters. The van der Waals surface area contributed by atoms with Gasteiger partial charge in [-0.2, -0.15) is 9.98 Å². The molecule has 0 spiro atoms. The minimum atomic E-state index is -3.68. The molecular weight excluding hydrogens is 248 g/mol. The molecule has 0 aromatic heterocycles. The third kappa shape index (κ3) is 3.09. The molecule has 4 nitrogen and oxygen atoms in total. The second-order valence-electron chi connectivity index (χ2n) is 5.07. The Morgan fingerprint density at radius 3 is 2.00 bits per heavy atom. The average molecular weight is 266 g/mol. The first-order valence-corrected chi connectivity index (χ1v) is 7.10. The van der Waals surface area contributed by atoms with Crippen LogP contribution < -0.4 is 4.72 Å². The van der Waals surface area contributed by atoms with E-state index < -0.39 is 15.6 Å². The zero-order valence-corrected chi connectivity index (χ0v) is 12.1. The van der Waals surface area contributed by atoms with E-state index in [9.17, 15) is 8.42 Å². The van der Waals surface area contributed by atoms with Crippen molar-refractivity contribution in [2.75, 3.05) is 0 Å². The number of benzene rings is 1. The molecule has 98 valence electrons. The Hall–Kier alpha value is -1.38. The van der Waals surface area contributed by atoms with E-state index in [2.05, 4.69) is 4.72 Å². The zero-order chi connectivity index (χ0) is 14.1. The summed E-state index contributed by atoms with van der Waals surface area (Å²) < 4.78 is 27.0. The summed E-state index contributed by atoms with van der Waals surface area (Å²) >= 11 is 0. The highest BCUT2D eigenvalue weighted by Crippen LogP contribution is 2.22. The molecule has 0 saturated carbocycles. The molecule has 18 heavy (non-hydrogen) atoms. The molecule has 0 aliphatic heterocycles. The van der Waals surface area contributed by atoms with Crippen LogP contribution >= 0.6 is 0 Å². The lowest BCUT2D eigenvalue weighted by molar-refractivity contribution is 0.534. The lowest BCUT2D eigenvalue weighted by atomic mass is 10.1. The largest absolute Gasteiger partial charge is 0.242 e. The summed E-state index contributed by atoms with van der Waals surface area (Å²) in [7, 11) is -3.68. The molecule has 1 aromatic carbocycles. The SMILES string of the molecule is Cc1cc(C)c(S(=O)(=O)NC(C)(C)C#N)c(C)c1. The zero-order valence-electron chi connectivity index (χ0n) is 11.3. The molecule has 0 saturated heterocycles. The third-order valence-electron chi connectivity index (χ3n) is 2.54. The summed E-state index contributed by atoms with van der Waals surface area (Å²) in [6, 6.07) is 5.57. The van der Waals surface area contributed by atoms with Crippen LogP contribution in [0.4, 0.5) is 0 Å². The van der Waals surface area contributed by atoms with Crippen molar-refractivity contribution < 1.29 is 8.42 Å². The summed E-state index contributed by atoms with van der Waals surface area (Å²) in [6.45, 7) is 8.50. The molecule has 1 N–H and O–H groups in total. The van der Waals surface area contributed by atoms with Gasteiger partial charge in [0, 0.05) is 0 Å². The van der Waals surface area contributed by atoms with Crippen LogP contribution in [-0.4, -0.2) is 14.0 Å². The van der Waals surface area contributed by atoms with Gasteiger partial charge >= 0.3 is 0 Å². The smallest absolute Gasteiger partial charge is 0.207 e. The van der Waals surface area contributed by atoms with Crippen LogP contribution in [-0.2, 0) is 10.0 Å². The molecule has 1 rings (SSSR count). The molecule has 0 amide bonds. The van der Waals surface area contributed by atoms with Gasteiger partial charge in [0.1, 0.15) is 5.54 Å². The average Bonchev–Trinajstić information content (AvgIpc) is 2.13. The van der Waals surface area contributed by atoms with Crippen LogP contribution in [0.15, 0.2) is 17.0 Å². The second-order valence-corrected chi connectivity index (χ2v) is 6.69. The standard InChI is InChI=1S/C13H18N2O2S/c1-9-6-10(2)12(11(3)7-9)18(16,17)15-13(4,5)8-14/h6-7,15H,1-5H3. The van der Waals surface area contributed by atoms with Crippen LogP contribution in [0.3, 0.4) is 0 Å². The van der Waals surface area contributed by atoms with Gasteiger partial charge in [-0.25, -0.2) is 8.42 Å². The van der Waals surface area contributed by atoms with Gasteiger partial charge in [0.2, 0.25) is 10.0 Å². The Morgan fingerprint density at radius 1 is 1.17 bits per heavy atom. The fourth-order valence-electron chi connectivity index (χ4n) is 2.00. The Balaban J connectivity index is 3.36. The lowest BCUT2D eigenvalue weighted by Crippen LogP contribution is -2.42. The molecular formula is C13H18N2O2S. The first-order chi connectivity index (χ1) is 8.09. The van der Waals surface area contributed by atoms with Crippen molar-refractivity contribution in [3.8, 4) is 6.07 Å². The number of hydrogen-bond acceptors (Lipinski definition) is 3. The Morgan fingerprint density at radius 2 is 1.61 bits per heavy atom. The molecule has 0 fully saturated rings. The van der Waals surface area contributed by atoms with Gasteiger partial charge in [0.05, 0.1) is 11.0 Å². The maximum absolute atomic E-state index is 12.3. The topological polar surface area (TPSA) is 70.0 Å². The summed E-state index contributed by atoms with van der Waals surface area (Å²) in [4.78, 5) is 0.261. The van der Waals surface area contributed by atoms with Gasteiger partial charge in [-0.3, -0.25) is 0 Å². The summed E-state index contributed by atoms with van der Waals surface area (Å²) in [5, 5.41) is 8.91. The van der Waals surface area contributed by atoms with E-state index in [1.54, 1.807) is 13.8 Å². The van der Waals surface area contributed by atoms with Crippen LogP contribution in [0, 0.1) is 32.1 Å². The third-order valence-corrected chi connectivity index (χ3v) is 4.50. The number of nitrogens with one attached hydrogen (secondary N) is 1. The van der Waals surface area contributed by atoms with Crippen LogP contribution in [0.1, 0.15) is 30.5 Å². The number of nitriles is 1. The van der Waals surface area contributed by atoms with Crippen molar-refractivity contribution in [3.63, 3.8) is 0 Å². The van der Waals surface area contributed by atoms with E-state index in [0.717, 1.165) is 5.56 Å². The lowest BCUT2D eigenvalue weighted by Gasteiger charge is -2.20. The normalized spacial score (nSPS) is 12.2. The van der Waals surface area contributed by atoms with Crippen LogP contribution in [0.5, 0.6) is 0 Å². The molecule has 0 aliphatic carbocycles. The van der Waals surface area contributed by atoms with E-state index in [1.165, 1.54) is 13.8 Å². The summed E-state index contributed by atoms with van der Waals surface area (Å²) in [6.07, 6.45) is 0. The molecule has 0 aliphatic rings. The van der Waals surface area contributed by atoms with E-state index >= 15 is 0 Å². The Bertz CT molecular complexity index is 587. The molecule has 5 heteroatoms. The highest BCUT2D eigenvalue weighted by molar-refractivity contribution is 7.89. The predicted octanol–water partition coefficient (Wildman–Crippen LogP) is 2.19. The van der Waals surface area contributed by atoms with Crippen molar-refractivity contribution in [3.05, 3.63) is 28.8 Å². The van der Waals surface area contributed by atoms with Crippen molar-refractivity contribution >= 4 is 10.0 Å². The van der Waals surface area contributed by atoms with E-state index in [-0.39, 0.29) is 4.90 Å². The van der Waals surface area contributed by atoms with Crippen molar-refractivity contribution in [2.45, 2.75) is 45.1 Å². The molecule has 0 heterocycles. The first-order valence-electron chi connectivity index (χ1n) is 5.62. The maximum Gasteiger partial charge on any atom is 0.242 e. The Labute approximate surface area is 109 Å². The quantitative estimate of drug-likeness (QED) is 0.911. The number of sulfonamides is 1. The van der Waals surface area contributed by atoms with E-state index in [1.807, 2.05) is 25.1 Å². The van der Waals surface area contributed by atoms with Crippen molar-refractivity contribution in [2.24, 2.45) is 0 Å². The van der Waals surface area contributed by atoms with Gasteiger partial charge < -0.3 is 0 Å². The maximum atomic E-state index is 12.3. The van der Waals surface area contributed by atoms with E-state index in [4.69, 9.17) is 5.26 Å². The first kappa shape index (κ1) is 14.7. The van der Waals surface area contributed by atoms with Gasteiger partial charge in [0.25, 0.3) is 0 Å². The van der Waals surface area contributed by atoms with Gasteiger partial charge in [0.15, 0.2) is 0 Å². The number of hydrogen-bond donors (Lipinski definition) is 1. The minimum absolute atomic E-state index is 0.261. The van der Waals surface area contributed by atoms with Crippen molar-refractivity contribution in [1.29, 1.82) is 5.26 Å². The molecule has 0 radical (unpaired) electrons. The number of nitrogens with zero attached hydrogens (tertiary/aromatic N) is 1. The predicted molar refractivity (Wildman–Crippen MR) is 70.7 cm³/mol. The molecule has 0 bridgehead atoms. The monoisotopic (exact) mass is 266 g/mol. The van der Waals surface area contributed by atoms with Crippen LogP contribution in [0.25, 0.3) is 0 Å². The minimum Gasteiger partial charge on any atom is -0.207 e. The van der Waals surface area contributed by atoms with Gasteiger partial charge in [-0.15, -0.1) is 0 Å². The summed E-state index contributed by atoms with van der Waals surface area (Å²) in [5.41, 5.74) is 1.27. The fourth-order valence-corrected chi connectivity index (χ4v) is 3.79.